The summed E-state index contributed by atoms with van der Waals surface area (Å²) in [7, 11) is 0. The lowest BCUT2D eigenvalue weighted by atomic mass is 9.78. The summed E-state index contributed by atoms with van der Waals surface area (Å²) in [6.45, 7) is 8.93. The van der Waals surface area contributed by atoms with Gasteiger partial charge >= 0.3 is 0 Å². The molecule has 2 aliphatic heterocycles. The number of carbonyl (C=O) groups is 1. The minimum absolute atomic E-state index is 0.128. The number of hydrogen-bond acceptors (Lipinski definition) is 2. The Morgan fingerprint density at radius 3 is 2.57 bits per heavy atom. The zero-order valence-corrected chi connectivity index (χ0v) is 9.39. The summed E-state index contributed by atoms with van der Waals surface area (Å²) in [6, 6.07) is 0. The van der Waals surface area contributed by atoms with Gasteiger partial charge in [0, 0.05) is 12.1 Å². The molecular weight excluding hydrogens is 176 g/mol. The molecule has 80 valence electrons. The molecular formula is C11H20N2O. The highest BCUT2D eigenvalue weighted by Crippen LogP contribution is 2.33. The second-order valence-electron chi connectivity index (χ2n) is 5.70. The summed E-state index contributed by atoms with van der Waals surface area (Å²) < 4.78 is 0. The molecule has 0 aromatic rings. The average Bonchev–Trinajstić information content (AvgIpc) is 2.00. The van der Waals surface area contributed by atoms with Gasteiger partial charge in [-0.15, -0.1) is 0 Å². The molecule has 0 saturated carbocycles. The van der Waals surface area contributed by atoms with Gasteiger partial charge in [-0.05, 0) is 40.2 Å². The third-order valence-corrected chi connectivity index (χ3v) is 3.43. The smallest absolute Gasteiger partial charge is 0.222 e. The molecule has 1 N–H and O–H groups in total. The van der Waals surface area contributed by atoms with Crippen molar-refractivity contribution in [1.29, 1.82) is 0 Å². The number of β-lactam (4-membered cyclic amide) rings is 1. The van der Waals surface area contributed by atoms with Gasteiger partial charge in [0.2, 0.25) is 5.91 Å². The van der Waals surface area contributed by atoms with E-state index in [9.17, 15) is 4.79 Å². The maximum Gasteiger partial charge on any atom is 0.222 e. The monoisotopic (exact) mass is 196 g/mol. The molecule has 0 bridgehead atoms. The van der Waals surface area contributed by atoms with Crippen molar-refractivity contribution in [1.82, 2.24) is 10.2 Å². The number of piperidine rings is 1. The fourth-order valence-corrected chi connectivity index (χ4v) is 2.54. The summed E-state index contributed by atoms with van der Waals surface area (Å²) in [5, 5.41) is 3.08. The minimum Gasteiger partial charge on any atom is -0.349 e. The fraction of sp³-hybridized carbons (Fsp3) is 0.909. The maximum absolute atomic E-state index is 11.0. The number of nitrogens with one attached hydrogen (secondary N) is 1. The fourth-order valence-electron chi connectivity index (χ4n) is 2.54. The molecule has 1 amide bonds. The molecule has 14 heavy (non-hydrogen) atoms. The maximum atomic E-state index is 11.0. The minimum atomic E-state index is 0.128. The summed E-state index contributed by atoms with van der Waals surface area (Å²) in [6.07, 6.45) is 3.10. The van der Waals surface area contributed by atoms with E-state index in [1.807, 2.05) is 0 Å². The van der Waals surface area contributed by atoms with Crippen molar-refractivity contribution < 1.29 is 4.79 Å². The molecule has 2 rings (SSSR count). The first kappa shape index (κ1) is 9.97. The second kappa shape index (κ2) is 2.96. The Balaban J connectivity index is 2.02. The molecule has 0 aliphatic carbocycles. The molecule has 2 fully saturated rings. The Morgan fingerprint density at radius 1 is 1.43 bits per heavy atom. The number of amides is 1. The van der Waals surface area contributed by atoms with Gasteiger partial charge in [0.1, 0.15) is 0 Å². The van der Waals surface area contributed by atoms with Crippen LogP contribution >= 0.6 is 0 Å². The largest absolute Gasteiger partial charge is 0.349 e. The standard InChI is InChI=1S/C11H20N2O/c1-10(2,3)13-6-4-5-11(8-13)7-9(14)12-11/h4-8H2,1-3H3,(H,12,14)/t11-/m0/s1. The summed E-state index contributed by atoms with van der Waals surface area (Å²) in [5.41, 5.74) is 0.357. The van der Waals surface area contributed by atoms with Gasteiger partial charge in [-0.1, -0.05) is 0 Å². The highest BCUT2D eigenvalue weighted by molar-refractivity contribution is 5.84. The van der Waals surface area contributed by atoms with Gasteiger partial charge in [0.15, 0.2) is 0 Å². The van der Waals surface area contributed by atoms with Crippen LogP contribution < -0.4 is 5.32 Å². The predicted molar refractivity (Wildman–Crippen MR) is 56.1 cm³/mol. The number of carbonyl (C=O) groups excluding carboxylic acids is 1. The van der Waals surface area contributed by atoms with Gasteiger partial charge in [-0.25, -0.2) is 0 Å². The first-order valence-electron chi connectivity index (χ1n) is 5.47. The topological polar surface area (TPSA) is 32.3 Å². The van der Waals surface area contributed by atoms with Crippen LogP contribution in [0.1, 0.15) is 40.0 Å². The molecule has 3 nitrogen and oxygen atoms in total. The Hall–Kier alpha value is -0.570. The molecule has 0 aromatic heterocycles. The molecule has 2 aliphatic rings. The van der Waals surface area contributed by atoms with Gasteiger partial charge in [-0.2, -0.15) is 0 Å². The van der Waals surface area contributed by atoms with Crippen LogP contribution in [0.15, 0.2) is 0 Å². The second-order valence-corrected chi connectivity index (χ2v) is 5.70. The molecule has 0 radical (unpaired) electrons. The van der Waals surface area contributed by atoms with Gasteiger partial charge in [-0.3, -0.25) is 9.69 Å². The Labute approximate surface area is 85.8 Å². The number of hydrogen-bond donors (Lipinski definition) is 1. The molecule has 1 atom stereocenters. The van der Waals surface area contributed by atoms with Crippen LogP contribution in [0.5, 0.6) is 0 Å². The van der Waals surface area contributed by atoms with E-state index < -0.39 is 0 Å². The number of rotatable bonds is 0. The van der Waals surface area contributed by atoms with Crippen LogP contribution in [-0.2, 0) is 4.79 Å². The summed E-state index contributed by atoms with van der Waals surface area (Å²) in [4.78, 5) is 13.5. The first-order chi connectivity index (χ1) is 6.41. The van der Waals surface area contributed by atoms with Crippen molar-refractivity contribution in [3.63, 3.8) is 0 Å². The van der Waals surface area contributed by atoms with Crippen LogP contribution in [0.3, 0.4) is 0 Å². The van der Waals surface area contributed by atoms with E-state index in [2.05, 4.69) is 31.0 Å². The Morgan fingerprint density at radius 2 is 2.07 bits per heavy atom. The zero-order valence-electron chi connectivity index (χ0n) is 9.39. The van der Waals surface area contributed by atoms with E-state index in [-0.39, 0.29) is 17.0 Å². The molecule has 1 spiro atoms. The van der Waals surface area contributed by atoms with Crippen LogP contribution in [0, 0.1) is 0 Å². The zero-order chi connectivity index (χ0) is 10.4. The predicted octanol–water partition coefficient (Wildman–Crippen LogP) is 1.14. The van der Waals surface area contributed by atoms with Crippen LogP contribution in [0.4, 0.5) is 0 Å². The molecule has 0 aromatic carbocycles. The molecule has 2 saturated heterocycles. The van der Waals surface area contributed by atoms with Crippen molar-refractivity contribution in [2.24, 2.45) is 0 Å². The van der Waals surface area contributed by atoms with Crippen LogP contribution in [0.2, 0.25) is 0 Å². The Bertz CT molecular complexity index is 247. The lowest BCUT2D eigenvalue weighted by Gasteiger charge is -2.52. The summed E-state index contributed by atoms with van der Waals surface area (Å²) >= 11 is 0. The van der Waals surface area contributed by atoms with E-state index in [1.54, 1.807) is 0 Å². The van der Waals surface area contributed by atoms with E-state index >= 15 is 0 Å². The lowest BCUT2D eigenvalue weighted by molar-refractivity contribution is -0.136. The normalized spacial score (nSPS) is 34.1. The van der Waals surface area contributed by atoms with Crippen molar-refractivity contribution in [3.8, 4) is 0 Å². The number of likely N-dealkylation sites (tertiary alicyclic amines) is 1. The van der Waals surface area contributed by atoms with Gasteiger partial charge < -0.3 is 5.32 Å². The lowest BCUT2D eigenvalue weighted by Crippen LogP contribution is -2.69. The van der Waals surface area contributed by atoms with Gasteiger partial charge in [0.05, 0.1) is 12.0 Å². The Kier molecular flexibility index (Phi) is 2.11. The highest BCUT2D eigenvalue weighted by atomic mass is 16.2. The van der Waals surface area contributed by atoms with Gasteiger partial charge in [0.25, 0.3) is 0 Å². The van der Waals surface area contributed by atoms with E-state index in [0.717, 1.165) is 19.4 Å². The van der Waals surface area contributed by atoms with Crippen molar-refractivity contribution >= 4 is 5.91 Å². The van der Waals surface area contributed by atoms with Crippen molar-refractivity contribution in [2.75, 3.05) is 13.1 Å². The number of nitrogens with zero attached hydrogens (tertiary/aromatic N) is 1. The van der Waals surface area contributed by atoms with Crippen LogP contribution in [0.25, 0.3) is 0 Å². The van der Waals surface area contributed by atoms with E-state index in [1.165, 1.54) is 13.0 Å². The SMILES string of the molecule is CC(C)(C)N1CCC[C@]2(CC(=O)N2)C1. The highest BCUT2D eigenvalue weighted by Gasteiger charge is 2.46. The van der Waals surface area contributed by atoms with Crippen molar-refractivity contribution in [2.45, 2.75) is 51.1 Å². The summed E-state index contributed by atoms with van der Waals surface area (Å²) in [5.74, 6) is 0.223. The first-order valence-corrected chi connectivity index (χ1v) is 5.47. The third kappa shape index (κ3) is 1.65. The van der Waals surface area contributed by atoms with E-state index in [4.69, 9.17) is 0 Å². The quantitative estimate of drug-likeness (QED) is 0.589. The molecule has 2 heterocycles. The molecule has 0 unspecified atom stereocenters. The van der Waals surface area contributed by atoms with E-state index in [0.29, 0.717) is 0 Å². The third-order valence-electron chi connectivity index (χ3n) is 3.43. The van der Waals surface area contributed by atoms with Crippen molar-refractivity contribution in [3.05, 3.63) is 0 Å². The van der Waals surface area contributed by atoms with Crippen LogP contribution in [-0.4, -0.2) is 35.0 Å². The molecule has 3 heteroatoms. The average molecular weight is 196 g/mol.